The zero-order chi connectivity index (χ0) is 12.1. The van der Waals surface area contributed by atoms with Gasteiger partial charge in [-0.25, -0.2) is 0 Å². The van der Waals surface area contributed by atoms with Crippen LogP contribution in [0.25, 0.3) is 0 Å². The monoisotopic (exact) mass is 349 g/mol. The van der Waals surface area contributed by atoms with Crippen molar-refractivity contribution in [2.24, 2.45) is 11.7 Å². The van der Waals surface area contributed by atoms with Crippen LogP contribution in [0.15, 0.2) is 21.1 Å². The first-order chi connectivity index (χ1) is 7.54. The van der Waals surface area contributed by atoms with Gasteiger partial charge in [0, 0.05) is 0 Å². The maximum atomic E-state index is 5.74. The minimum Gasteiger partial charge on any atom is -0.491 e. The van der Waals surface area contributed by atoms with Crippen molar-refractivity contribution in [1.82, 2.24) is 0 Å². The van der Waals surface area contributed by atoms with Gasteiger partial charge in [-0.2, -0.15) is 0 Å². The molecule has 0 saturated heterocycles. The summed E-state index contributed by atoms with van der Waals surface area (Å²) in [6, 6.07) is 4.13. The predicted octanol–water partition coefficient (Wildman–Crippen LogP) is 3.75. The van der Waals surface area contributed by atoms with E-state index in [0.717, 1.165) is 21.1 Å². The van der Waals surface area contributed by atoms with Gasteiger partial charge in [-0.05, 0) is 68.4 Å². The fourth-order valence-corrected chi connectivity index (χ4v) is 2.82. The molecular formula is C12H17Br2NO. The van der Waals surface area contributed by atoms with Crippen LogP contribution in [-0.4, -0.2) is 13.2 Å². The van der Waals surface area contributed by atoms with E-state index in [0.29, 0.717) is 19.1 Å². The minimum atomic E-state index is 0.516. The molecule has 0 bridgehead atoms. The second kappa shape index (κ2) is 6.62. The Morgan fingerprint density at radius 1 is 1.25 bits per heavy atom. The van der Waals surface area contributed by atoms with Crippen LogP contribution >= 0.6 is 31.9 Å². The maximum Gasteiger partial charge on any atom is 0.147 e. The smallest absolute Gasteiger partial charge is 0.147 e. The van der Waals surface area contributed by atoms with Crippen molar-refractivity contribution in [3.63, 3.8) is 0 Å². The first kappa shape index (κ1) is 14.0. The average molecular weight is 351 g/mol. The minimum absolute atomic E-state index is 0.516. The largest absolute Gasteiger partial charge is 0.491 e. The Morgan fingerprint density at radius 2 is 1.81 bits per heavy atom. The van der Waals surface area contributed by atoms with Gasteiger partial charge >= 0.3 is 0 Å². The lowest BCUT2D eigenvalue weighted by Crippen LogP contribution is -2.06. The van der Waals surface area contributed by atoms with Gasteiger partial charge in [0.2, 0.25) is 0 Å². The highest BCUT2D eigenvalue weighted by atomic mass is 79.9. The highest BCUT2D eigenvalue weighted by molar-refractivity contribution is 9.11. The molecule has 1 rings (SSSR count). The summed E-state index contributed by atoms with van der Waals surface area (Å²) in [6.07, 6.45) is 0.877. The molecule has 0 saturated carbocycles. The number of ether oxygens (including phenoxy) is 1. The number of hydrogen-bond donors (Lipinski definition) is 1. The Kier molecular flexibility index (Phi) is 5.79. The van der Waals surface area contributed by atoms with Crippen LogP contribution in [0.3, 0.4) is 0 Å². The first-order valence-electron chi connectivity index (χ1n) is 5.35. The van der Waals surface area contributed by atoms with Crippen molar-refractivity contribution >= 4 is 31.9 Å². The Morgan fingerprint density at radius 3 is 2.25 bits per heavy atom. The molecule has 4 heteroatoms. The quantitative estimate of drug-likeness (QED) is 0.877. The van der Waals surface area contributed by atoms with Gasteiger partial charge in [-0.1, -0.05) is 13.8 Å². The third kappa shape index (κ3) is 4.07. The molecule has 0 heterocycles. The molecule has 0 aliphatic heterocycles. The molecule has 1 aromatic carbocycles. The summed E-state index contributed by atoms with van der Waals surface area (Å²) in [7, 11) is 0. The van der Waals surface area contributed by atoms with Gasteiger partial charge in [-0.3, -0.25) is 0 Å². The van der Waals surface area contributed by atoms with Gasteiger partial charge < -0.3 is 10.5 Å². The Balaban J connectivity index is 2.85. The molecule has 2 N–H and O–H groups in total. The summed E-state index contributed by atoms with van der Waals surface area (Å²) >= 11 is 7.04. The van der Waals surface area contributed by atoms with E-state index in [-0.39, 0.29) is 0 Å². The normalized spacial score (nSPS) is 10.9. The second-order valence-electron chi connectivity index (χ2n) is 4.13. The third-order valence-corrected chi connectivity index (χ3v) is 3.23. The zero-order valence-electron chi connectivity index (χ0n) is 9.59. The molecule has 1 aromatic rings. The number of rotatable bonds is 5. The standard InChI is InChI=1S/C12H17Br2NO/c1-8(2)7-16-12-10(13)5-9(3-4-15)6-11(12)14/h5-6,8H,3-4,7,15H2,1-2H3. The molecule has 90 valence electrons. The number of benzene rings is 1. The Bertz CT molecular complexity index is 330. The van der Waals surface area contributed by atoms with Crippen LogP contribution in [-0.2, 0) is 6.42 Å². The number of nitrogens with two attached hydrogens (primary N) is 1. The van der Waals surface area contributed by atoms with E-state index >= 15 is 0 Å². The molecular weight excluding hydrogens is 334 g/mol. The lowest BCUT2D eigenvalue weighted by atomic mass is 10.1. The molecule has 0 aliphatic carbocycles. The summed E-state index contributed by atoms with van der Waals surface area (Å²) in [4.78, 5) is 0. The van der Waals surface area contributed by atoms with E-state index in [1.165, 1.54) is 5.56 Å². The molecule has 0 fully saturated rings. The molecule has 2 nitrogen and oxygen atoms in total. The topological polar surface area (TPSA) is 35.2 Å². The van der Waals surface area contributed by atoms with E-state index in [9.17, 15) is 0 Å². The maximum absolute atomic E-state index is 5.74. The molecule has 0 amide bonds. The van der Waals surface area contributed by atoms with Gasteiger partial charge in [-0.15, -0.1) is 0 Å². The van der Waals surface area contributed by atoms with Crippen molar-refractivity contribution in [2.45, 2.75) is 20.3 Å². The molecule has 0 unspecified atom stereocenters. The SMILES string of the molecule is CC(C)COc1c(Br)cc(CCN)cc1Br. The highest BCUT2D eigenvalue weighted by Gasteiger charge is 2.09. The van der Waals surface area contributed by atoms with E-state index in [2.05, 4.69) is 57.8 Å². The predicted molar refractivity (Wildman–Crippen MR) is 74.9 cm³/mol. The van der Waals surface area contributed by atoms with Crippen molar-refractivity contribution in [1.29, 1.82) is 0 Å². The van der Waals surface area contributed by atoms with Crippen LogP contribution in [0.5, 0.6) is 5.75 Å². The van der Waals surface area contributed by atoms with Crippen LogP contribution in [0.4, 0.5) is 0 Å². The fraction of sp³-hybridized carbons (Fsp3) is 0.500. The molecule has 0 aliphatic rings. The van der Waals surface area contributed by atoms with Gasteiger partial charge in [0.25, 0.3) is 0 Å². The summed E-state index contributed by atoms with van der Waals surface area (Å²) in [5.74, 6) is 1.39. The van der Waals surface area contributed by atoms with Crippen molar-refractivity contribution in [3.05, 3.63) is 26.6 Å². The van der Waals surface area contributed by atoms with Gasteiger partial charge in [0.05, 0.1) is 15.6 Å². The highest BCUT2D eigenvalue weighted by Crippen LogP contribution is 2.35. The second-order valence-corrected chi connectivity index (χ2v) is 5.84. The molecule has 0 radical (unpaired) electrons. The van der Waals surface area contributed by atoms with E-state index in [1.54, 1.807) is 0 Å². The summed E-state index contributed by atoms with van der Waals surface area (Å²) in [5.41, 5.74) is 6.74. The first-order valence-corrected chi connectivity index (χ1v) is 6.94. The fourth-order valence-electron chi connectivity index (χ4n) is 1.31. The van der Waals surface area contributed by atoms with Crippen molar-refractivity contribution in [2.75, 3.05) is 13.2 Å². The van der Waals surface area contributed by atoms with Crippen molar-refractivity contribution < 1.29 is 4.74 Å². The van der Waals surface area contributed by atoms with E-state index in [4.69, 9.17) is 10.5 Å². The van der Waals surface area contributed by atoms with E-state index < -0.39 is 0 Å². The Hall–Kier alpha value is -0.0600. The van der Waals surface area contributed by atoms with Crippen LogP contribution in [0, 0.1) is 5.92 Å². The van der Waals surface area contributed by atoms with Gasteiger partial charge in [0.15, 0.2) is 0 Å². The molecule has 16 heavy (non-hydrogen) atoms. The van der Waals surface area contributed by atoms with Crippen LogP contribution < -0.4 is 10.5 Å². The summed E-state index contributed by atoms with van der Waals surface area (Å²) in [6.45, 7) is 5.63. The molecule has 0 aromatic heterocycles. The zero-order valence-corrected chi connectivity index (χ0v) is 12.8. The molecule has 0 atom stereocenters. The lowest BCUT2D eigenvalue weighted by Gasteiger charge is -2.13. The van der Waals surface area contributed by atoms with Gasteiger partial charge in [0.1, 0.15) is 5.75 Å². The van der Waals surface area contributed by atoms with Crippen LogP contribution in [0.1, 0.15) is 19.4 Å². The van der Waals surface area contributed by atoms with Crippen molar-refractivity contribution in [3.8, 4) is 5.75 Å². The third-order valence-electron chi connectivity index (χ3n) is 2.05. The molecule has 0 spiro atoms. The number of halogens is 2. The number of hydrogen-bond acceptors (Lipinski definition) is 2. The van der Waals surface area contributed by atoms with E-state index in [1.807, 2.05) is 0 Å². The summed E-state index contributed by atoms with van der Waals surface area (Å²) < 4.78 is 7.69. The summed E-state index contributed by atoms with van der Waals surface area (Å²) in [5, 5.41) is 0. The lowest BCUT2D eigenvalue weighted by molar-refractivity contribution is 0.268. The van der Waals surface area contributed by atoms with Crippen LogP contribution in [0.2, 0.25) is 0 Å². The Labute approximate surface area is 114 Å². The average Bonchev–Trinajstić information content (AvgIpc) is 2.16.